The molecule has 0 amide bonds. The van der Waals surface area contributed by atoms with Gasteiger partial charge in [-0.1, -0.05) is 53.5 Å². The second kappa shape index (κ2) is 8.80. The molecule has 0 radical (unpaired) electrons. The summed E-state index contributed by atoms with van der Waals surface area (Å²) in [7, 11) is 1.87. The van der Waals surface area contributed by atoms with E-state index < -0.39 is 0 Å². The molecule has 0 spiro atoms. The average Bonchev–Trinajstić information content (AvgIpc) is 2.48. The summed E-state index contributed by atoms with van der Waals surface area (Å²) in [5.41, 5.74) is 0.638. The van der Waals surface area contributed by atoms with E-state index >= 15 is 0 Å². The van der Waals surface area contributed by atoms with Crippen LogP contribution in [0.4, 0.5) is 0 Å². The van der Waals surface area contributed by atoms with E-state index in [1.54, 1.807) is 6.07 Å². The molecule has 0 aromatic heterocycles. The summed E-state index contributed by atoms with van der Waals surface area (Å²) in [6.07, 6.45) is 0.729. The fraction of sp³-hybridized carbons (Fsp3) is 0.294. The van der Waals surface area contributed by atoms with Crippen LogP contribution in [0.25, 0.3) is 0 Å². The fourth-order valence-corrected chi connectivity index (χ4v) is 3.30. The molecular formula is C17H19Cl2NOS. The Morgan fingerprint density at radius 1 is 1.09 bits per heavy atom. The van der Waals surface area contributed by atoms with Crippen molar-refractivity contribution in [1.29, 1.82) is 0 Å². The molecule has 3 rings (SSSR count). The molecule has 118 valence electrons. The molecule has 1 aromatic carbocycles. The third kappa shape index (κ3) is 5.18. The van der Waals surface area contributed by atoms with Crippen molar-refractivity contribution >= 4 is 35.0 Å². The lowest BCUT2D eigenvalue weighted by Crippen LogP contribution is -2.14. The van der Waals surface area contributed by atoms with Gasteiger partial charge in [0.05, 0.1) is 0 Å². The van der Waals surface area contributed by atoms with E-state index in [1.807, 2.05) is 19.2 Å². The average molecular weight is 356 g/mol. The zero-order valence-electron chi connectivity index (χ0n) is 12.4. The van der Waals surface area contributed by atoms with Crippen molar-refractivity contribution < 1.29 is 5.11 Å². The summed E-state index contributed by atoms with van der Waals surface area (Å²) >= 11 is 13.3. The van der Waals surface area contributed by atoms with Gasteiger partial charge in [-0.25, -0.2) is 0 Å². The lowest BCUT2D eigenvalue weighted by atomic mass is 10.1. The summed E-state index contributed by atoms with van der Waals surface area (Å²) in [6, 6.07) is 13.9. The first-order valence-corrected chi connectivity index (χ1v) is 8.89. The van der Waals surface area contributed by atoms with Crippen molar-refractivity contribution in [2.45, 2.75) is 17.6 Å². The lowest BCUT2D eigenvalue weighted by molar-refractivity contribution is 0.252. The first-order chi connectivity index (χ1) is 10.6. The number of hydrogen-bond donors (Lipinski definition) is 2. The quantitative estimate of drug-likeness (QED) is 0.641. The molecule has 5 heteroatoms. The standard InChI is InChI=1S/C11H15Cl2NOS.C6H4/c1-14-5-4-11(15)16-7-8-2-3-9(12)6-10(8)13;1-2-6-4-3-5(1)6/h2-3,6,11,14-15H,4-5,7H2,1H3;1-4H. The van der Waals surface area contributed by atoms with Crippen molar-refractivity contribution in [1.82, 2.24) is 5.32 Å². The summed E-state index contributed by atoms with van der Waals surface area (Å²) in [4.78, 5) is 0. The number of benzene rings is 2. The van der Waals surface area contributed by atoms with Gasteiger partial charge in [-0.05, 0) is 48.1 Å². The van der Waals surface area contributed by atoms with Gasteiger partial charge in [0.25, 0.3) is 0 Å². The highest BCUT2D eigenvalue weighted by Gasteiger charge is 2.07. The van der Waals surface area contributed by atoms with Gasteiger partial charge >= 0.3 is 0 Å². The SMILES string of the molecule is CNCCC(O)SCc1ccc(Cl)cc1Cl.c1cc2ccc1=2. The van der Waals surface area contributed by atoms with Gasteiger partial charge in [0, 0.05) is 15.8 Å². The van der Waals surface area contributed by atoms with Gasteiger partial charge in [-0.15, -0.1) is 11.8 Å². The molecule has 22 heavy (non-hydrogen) atoms. The number of aliphatic hydroxyl groups is 1. The largest absolute Gasteiger partial charge is 0.382 e. The maximum absolute atomic E-state index is 9.64. The topological polar surface area (TPSA) is 32.3 Å². The molecule has 0 aliphatic heterocycles. The fourth-order valence-electron chi connectivity index (χ4n) is 1.84. The van der Waals surface area contributed by atoms with Crippen molar-refractivity contribution in [3.8, 4) is 0 Å². The van der Waals surface area contributed by atoms with Crippen LogP contribution in [0.5, 0.6) is 0 Å². The van der Waals surface area contributed by atoms with Crippen LogP contribution in [0, 0.1) is 10.4 Å². The van der Waals surface area contributed by atoms with E-state index in [4.69, 9.17) is 23.2 Å². The molecule has 2 aliphatic carbocycles. The predicted molar refractivity (Wildman–Crippen MR) is 96.4 cm³/mol. The summed E-state index contributed by atoms with van der Waals surface area (Å²) in [5.74, 6) is 0.695. The van der Waals surface area contributed by atoms with Crippen LogP contribution in [0.3, 0.4) is 0 Å². The number of thioether (sulfide) groups is 1. The molecule has 0 saturated carbocycles. The predicted octanol–water partition coefficient (Wildman–Crippen LogP) is 4.44. The molecule has 1 unspecified atom stereocenters. The van der Waals surface area contributed by atoms with Gasteiger partial charge in [0.1, 0.15) is 5.44 Å². The molecule has 2 N–H and O–H groups in total. The molecular weight excluding hydrogens is 337 g/mol. The van der Waals surface area contributed by atoms with Gasteiger partial charge in [-0.2, -0.15) is 0 Å². The molecule has 0 bridgehead atoms. The summed E-state index contributed by atoms with van der Waals surface area (Å²) in [5, 5.41) is 16.8. The van der Waals surface area contributed by atoms with Crippen LogP contribution in [0.15, 0.2) is 42.5 Å². The minimum Gasteiger partial charge on any atom is -0.382 e. The minimum atomic E-state index is -0.362. The van der Waals surface area contributed by atoms with Crippen LogP contribution in [-0.4, -0.2) is 24.1 Å². The van der Waals surface area contributed by atoms with E-state index in [2.05, 4.69) is 29.6 Å². The van der Waals surface area contributed by atoms with Gasteiger partial charge < -0.3 is 10.4 Å². The van der Waals surface area contributed by atoms with Crippen molar-refractivity contribution in [3.05, 3.63) is 68.5 Å². The second-order valence-corrected chi connectivity index (χ2v) is 6.98. The Kier molecular flexibility index (Phi) is 7.06. The molecule has 0 saturated heterocycles. The van der Waals surface area contributed by atoms with Crippen LogP contribution in [-0.2, 0) is 5.75 Å². The molecule has 0 fully saturated rings. The second-order valence-electron chi connectivity index (χ2n) is 4.97. The molecule has 2 aliphatic rings. The van der Waals surface area contributed by atoms with Crippen LogP contribution >= 0.6 is 35.0 Å². The molecule has 1 atom stereocenters. The van der Waals surface area contributed by atoms with Gasteiger partial charge in [0.15, 0.2) is 0 Å². The van der Waals surface area contributed by atoms with Gasteiger partial charge in [0.2, 0.25) is 0 Å². The molecule has 2 nitrogen and oxygen atoms in total. The summed E-state index contributed by atoms with van der Waals surface area (Å²) < 4.78 is 0. The summed E-state index contributed by atoms with van der Waals surface area (Å²) in [6.45, 7) is 0.808. The van der Waals surface area contributed by atoms with Crippen LogP contribution in [0.1, 0.15) is 12.0 Å². The van der Waals surface area contributed by atoms with E-state index in [-0.39, 0.29) is 5.44 Å². The number of aliphatic hydroxyl groups excluding tert-OH is 1. The Labute approximate surface area is 145 Å². The smallest absolute Gasteiger partial charge is 0.101 e. The van der Waals surface area contributed by atoms with Crippen molar-refractivity contribution in [2.24, 2.45) is 0 Å². The Balaban J connectivity index is 0.000000238. The van der Waals surface area contributed by atoms with Crippen LogP contribution < -0.4 is 5.32 Å². The van der Waals surface area contributed by atoms with Crippen molar-refractivity contribution in [2.75, 3.05) is 13.6 Å². The highest BCUT2D eigenvalue weighted by molar-refractivity contribution is 7.98. The number of hydrogen-bond acceptors (Lipinski definition) is 3. The highest BCUT2D eigenvalue weighted by Crippen LogP contribution is 2.26. The third-order valence-corrected chi connectivity index (χ3v) is 4.99. The van der Waals surface area contributed by atoms with E-state index in [0.717, 1.165) is 18.5 Å². The van der Waals surface area contributed by atoms with E-state index in [9.17, 15) is 5.11 Å². The molecule has 0 heterocycles. The Bertz CT molecular complexity index is 658. The Morgan fingerprint density at radius 2 is 1.73 bits per heavy atom. The highest BCUT2D eigenvalue weighted by atomic mass is 35.5. The van der Waals surface area contributed by atoms with E-state index in [1.165, 1.54) is 22.2 Å². The van der Waals surface area contributed by atoms with Crippen molar-refractivity contribution in [3.63, 3.8) is 0 Å². The zero-order valence-corrected chi connectivity index (χ0v) is 14.7. The maximum Gasteiger partial charge on any atom is 0.101 e. The normalized spacial score (nSPS) is 12.4. The first-order valence-electron chi connectivity index (χ1n) is 7.09. The van der Waals surface area contributed by atoms with E-state index in [0.29, 0.717) is 15.8 Å². The minimum absolute atomic E-state index is 0.362. The third-order valence-electron chi connectivity index (χ3n) is 3.31. The molecule has 1 aromatic rings. The maximum atomic E-state index is 9.64. The Hall–Kier alpha value is -0.710. The zero-order chi connectivity index (χ0) is 15.9. The number of nitrogens with one attached hydrogen (secondary N) is 1. The number of rotatable bonds is 6. The Morgan fingerprint density at radius 3 is 2.18 bits per heavy atom. The monoisotopic (exact) mass is 355 g/mol. The lowest BCUT2D eigenvalue weighted by Gasteiger charge is -2.10. The van der Waals surface area contributed by atoms with Crippen LogP contribution in [0.2, 0.25) is 10.0 Å². The van der Waals surface area contributed by atoms with Gasteiger partial charge in [-0.3, -0.25) is 0 Å². The number of halogens is 2. The first kappa shape index (κ1) is 17.6.